The summed E-state index contributed by atoms with van der Waals surface area (Å²) in [7, 11) is 1.20. The number of rotatable bonds is 3. The first-order chi connectivity index (χ1) is 9.58. The molecule has 0 atom stereocenters. The SMILES string of the molecule is COC(=O)c1ccc(-c2cccc(C=O)c2O)c(F)c1. The van der Waals surface area contributed by atoms with E-state index < -0.39 is 11.8 Å². The highest BCUT2D eigenvalue weighted by Crippen LogP contribution is 2.33. The smallest absolute Gasteiger partial charge is 0.337 e. The molecule has 5 heteroatoms. The second-order valence-corrected chi connectivity index (χ2v) is 4.05. The van der Waals surface area contributed by atoms with E-state index in [1.807, 2.05) is 0 Å². The molecule has 0 aliphatic rings. The summed E-state index contributed by atoms with van der Waals surface area (Å²) in [5, 5.41) is 9.90. The third-order valence-corrected chi connectivity index (χ3v) is 2.87. The first-order valence-corrected chi connectivity index (χ1v) is 5.74. The lowest BCUT2D eigenvalue weighted by Gasteiger charge is -2.08. The first kappa shape index (κ1) is 13.7. The van der Waals surface area contributed by atoms with E-state index in [1.165, 1.54) is 37.4 Å². The fourth-order valence-electron chi connectivity index (χ4n) is 1.85. The zero-order chi connectivity index (χ0) is 14.7. The van der Waals surface area contributed by atoms with Gasteiger partial charge in [0, 0.05) is 11.1 Å². The summed E-state index contributed by atoms with van der Waals surface area (Å²) in [4.78, 5) is 22.1. The van der Waals surface area contributed by atoms with Crippen LogP contribution in [-0.4, -0.2) is 24.5 Å². The summed E-state index contributed by atoms with van der Waals surface area (Å²) in [5.41, 5.74) is 0.418. The second kappa shape index (κ2) is 5.52. The van der Waals surface area contributed by atoms with Gasteiger partial charge in [0.15, 0.2) is 6.29 Å². The number of esters is 1. The number of hydrogen-bond acceptors (Lipinski definition) is 4. The van der Waals surface area contributed by atoms with Crippen molar-refractivity contribution >= 4 is 12.3 Å². The Morgan fingerprint density at radius 3 is 2.60 bits per heavy atom. The Labute approximate surface area is 114 Å². The predicted molar refractivity (Wildman–Crippen MR) is 70.2 cm³/mol. The van der Waals surface area contributed by atoms with E-state index in [9.17, 15) is 19.1 Å². The van der Waals surface area contributed by atoms with E-state index in [0.717, 1.165) is 6.07 Å². The molecule has 0 aliphatic heterocycles. The molecule has 0 saturated carbocycles. The van der Waals surface area contributed by atoms with E-state index in [2.05, 4.69) is 4.74 Å². The predicted octanol–water partition coefficient (Wildman–Crippen LogP) is 2.80. The number of phenols is 1. The molecule has 0 spiro atoms. The minimum absolute atomic E-state index is 0.0685. The summed E-state index contributed by atoms with van der Waals surface area (Å²) in [6.07, 6.45) is 0.486. The van der Waals surface area contributed by atoms with E-state index in [1.54, 1.807) is 0 Å². The van der Waals surface area contributed by atoms with Gasteiger partial charge in [0.25, 0.3) is 0 Å². The fourth-order valence-corrected chi connectivity index (χ4v) is 1.85. The van der Waals surface area contributed by atoms with E-state index in [4.69, 9.17) is 0 Å². The molecule has 0 aromatic heterocycles. The Bertz CT molecular complexity index is 680. The molecule has 0 radical (unpaired) electrons. The third kappa shape index (κ3) is 2.38. The van der Waals surface area contributed by atoms with Crippen LogP contribution in [-0.2, 0) is 4.74 Å². The van der Waals surface area contributed by atoms with Crippen molar-refractivity contribution in [1.29, 1.82) is 0 Å². The molecule has 102 valence electrons. The summed E-state index contributed by atoms with van der Waals surface area (Å²) >= 11 is 0. The van der Waals surface area contributed by atoms with E-state index >= 15 is 0 Å². The molecule has 1 N–H and O–H groups in total. The first-order valence-electron chi connectivity index (χ1n) is 5.74. The zero-order valence-electron chi connectivity index (χ0n) is 10.6. The lowest BCUT2D eigenvalue weighted by atomic mass is 10.00. The van der Waals surface area contributed by atoms with Crippen molar-refractivity contribution in [2.45, 2.75) is 0 Å². The highest BCUT2D eigenvalue weighted by molar-refractivity contribution is 5.91. The molecule has 0 heterocycles. The maximum Gasteiger partial charge on any atom is 0.337 e. The molecule has 20 heavy (non-hydrogen) atoms. The van der Waals surface area contributed by atoms with Crippen LogP contribution >= 0.6 is 0 Å². The highest BCUT2D eigenvalue weighted by Gasteiger charge is 2.15. The van der Waals surface area contributed by atoms with Crippen LogP contribution in [0.4, 0.5) is 4.39 Å². The number of para-hydroxylation sites is 1. The van der Waals surface area contributed by atoms with Gasteiger partial charge in [0.1, 0.15) is 11.6 Å². The number of aldehydes is 1. The second-order valence-electron chi connectivity index (χ2n) is 4.05. The Hall–Kier alpha value is -2.69. The van der Waals surface area contributed by atoms with E-state index in [0.29, 0.717) is 6.29 Å². The lowest BCUT2D eigenvalue weighted by Crippen LogP contribution is -2.02. The molecule has 2 aromatic rings. The fraction of sp³-hybridized carbons (Fsp3) is 0.0667. The molecule has 0 bridgehead atoms. The molecule has 4 nitrogen and oxygen atoms in total. The number of aromatic hydroxyl groups is 1. The topological polar surface area (TPSA) is 63.6 Å². The Kier molecular flexibility index (Phi) is 3.79. The van der Waals surface area contributed by atoms with Gasteiger partial charge in [-0.2, -0.15) is 0 Å². The number of ether oxygens (including phenoxy) is 1. The molecule has 0 fully saturated rings. The number of benzene rings is 2. The molecular weight excluding hydrogens is 263 g/mol. The molecule has 0 unspecified atom stereocenters. The average molecular weight is 274 g/mol. The van der Waals surface area contributed by atoms with Crippen molar-refractivity contribution in [2.24, 2.45) is 0 Å². The summed E-state index contributed by atoms with van der Waals surface area (Å²) in [6.45, 7) is 0. The largest absolute Gasteiger partial charge is 0.507 e. The number of carbonyl (C=O) groups is 2. The van der Waals surface area contributed by atoms with Gasteiger partial charge in [-0.1, -0.05) is 18.2 Å². The van der Waals surface area contributed by atoms with Crippen LogP contribution in [0.1, 0.15) is 20.7 Å². The van der Waals surface area contributed by atoms with Gasteiger partial charge in [0.05, 0.1) is 18.2 Å². The highest BCUT2D eigenvalue weighted by atomic mass is 19.1. The van der Waals surface area contributed by atoms with Crippen molar-refractivity contribution in [3.8, 4) is 16.9 Å². The summed E-state index contributed by atoms with van der Waals surface area (Å²) in [6, 6.07) is 8.20. The maximum absolute atomic E-state index is 14.0. The van der Waals surface area contributed by atoms with Gasteiger partial charge >= 0.3 is 5.97 Å². The lowest BCUT2D eigenvalue weighted by molar-refractivity contribution is 0.0600. The minimum Gasteiger partial charge on any atom is -0.507 e. The summed E-state index contributed by atoms with van der Waals surface area (Å²) in [5.74, 6) is -1.64. The van der Waals surface area contributed by atoms with Gasteiger partial charge < -0.3 is 9.84 Å². The number of carbonyl (C=O) groups excluding carboxylic acids is 2. The van der Waals surface area contributed by atoms with Gasteiger partial charge in [-0.05, 0) is 18.2 Å². The van der Waals surface area contributed by atoms with Crippen LogP contribution in [0, 0.1) is 5.82 Å². The van der Waals surface area contributed by atoms with Crippen LogP contribution in [0.25, 0.3) is 11.1 Å². The summed E-state index contributed by atoms with van der Waals surface area (Å²) < 4.78 is 18.5. The van der Waals surface area contributed by atoms with Crippen LogP contribution in [0.3, 0.4) is 0 Å². The van der Waals surface area contributed by atoms with Crippen molar-refractivity contribution in [3.63, 3.8) is 0 Å². The molecule has 0 amide bonds. The third-order valence-electron chi connectivity index (χ3n) is 2.87. The van der Waals surface area contributed by atoms with Gasteiger partial charge in [-0.15, -0.1) is 0 Å². The molecular formula is C15H11FO4. The standard InChI is InChI=1S/C15H11FO4/c1-20-15(19)9-5-6-11(13(16)7-9)12-4-2-3-10(8-17)14(12)18/h2-8,18H,1H3. The normalized spacial score (nSPS) is 10.1. The van der Waals surface area contributed by atoms with Crippen molar-refractivity contribution in [3.05, 3.63) is 53.3 Å². The molecule has 2 rings (SSSR count). The van der Waals surface area contributed by atoms with Crippen LogP contribution < -0.4 is 0 Å². The van der Waals surface area contributed by atoms with Crippen LogP contribution in [0.2, 0.25) is 0 Å². The molecule has 0 aliphatic carbocycles. The Morgan fingerprint density at radius 1 is 1.25 bits per heavy atom. The Morgan fingerprint density at radius 2 is 2.00 bits per heavy atom. The monoisotopic (exact) mass is 274 g/mol. The quantitative estimate of drug-likeness (QED) is 0.690. The number of phenolic OH excluding ortho intramolecular Hbond substituents is 1. The average Bonchev–Trinajstić information content (AvgIpc) is 2.47. The minimum atomic E-state index is -0.689. The maximum atomic E-state index is 14.0. The van der Waals surface area contributed by atoms with Gasteiger partial charge in [-0.3, -0.25) is 4.79 Å². The zero-order valence-corrected chi connectivity index (χ0v) is 10.6. The van der Waals surface area contributed by atoms with Crippen LogP contribution in [0.15, 0.2) is 36.4 Å². The van der Waals surface area contributed by atoms with E-state index in [-0.39, 0.29) is 28.0 Å². The molecule has 0 saturated heterocycles. The van der Waals surface area contributed by atoms with Crippen molar-refractivity contribution in [2.75, 3.05) is 7.11 Å². The van der Waals surface area contributed by atoms with Gasteiger partial charge in [0.2, 0.25) is 0 Å². The van der Waals surface area contributed by atoms with Crippen molar-refractivity contribution in [1.82, 2.24) is 0 Å². The Balaban J connectivity index is 2.54. The van der Waals surface area contributed by atoms with Crippen molar-refractivity contribution < 1.29 is 23.8 Å². The molecule has 2 aromatic carbocycles. The number of hydrogen-bond donors (Lipinski definition) is 1. The van der Waals surface area contributed by atoms with Gasteiger partial charge in [-0.25, -0.2) is 9.18 Å². The number of methoxy groups -OCH3 is 1. The van der Waals surface area contributed by atoms with Crippen LogP contribution in [0.5, 0.6) is 5.75 Å². The number of halogens is 1.